The van der Waals surface area contributed by atoms with Gasteiger partial charge in [0.2, 0.25) is 10.8 Å². The molecular weight excluding hydrogens is 494 g/mol. The number of nitrogens with zero attached hydrogens (tertiary/aromatic N) is 4. The lowest BCUT2D eigenvalue weighted by atomic mass is 10.0. The van der Waals surface area contributed by atoms with Crippen molar-refractivity contribution in [3.05, 3.63) is 90.0 Å². The third-order valence-electron chi connectivity index (χ3n) is 7.32. The van der Waals surface area contributed by atoms with Crippen LogP contribution < -0.4 is 14.7 Å². The molecule has 0 aromatic heterocycles. The second kappa shape index (κ2) is 9.15. The van der Waals surface area contributed by atoms with Gasteiger partial charge in [0.25, 0.3) is 5.91 Å². The first kappa shape index (κ1) is 23.9. The summed E-state index contributed by atoms with van der Waals surface area (Å²) in [4.78, 5) is 33.9. The maximum Gasteiger partial charge on any atom is 0.269 e. The number of anilines is 3. The Labute approximate surface area is 218 Å². The number of hydrogen-bond donors (Lipinski definition) is 0. The van der Waals surface area contributed by atoms with Gasteiger partial charge in [-0.15, -0.1) is 11.8 Å². The van der Waals surface area contributed by atoms with E-state index >= 15 is 0 Å². The molecule has 3 heterocycles. The summed E-state index contributed by atoms with van der Waals surface area (Å²) in [5.74, 6) is -1.00. The first-order valence-corrected chi connectivity index (χ1v) is 13.2. The maximum atomic E-state index is 14.3. The first-order chi connectivity index (χ1) is 17.9. The standard InChI is InChI=1S/C28H26F2N4O2S/c1-19-26(35)34(21-12-10-20(29)11-13-21)28(37-19)22-6-2-4-8-24(22)33(27(28)36)18-31-14-16-32(17-15-31)25-9-5-3-7-23(25)30/h2-13,19H,14-18H2,1H3. The monoisotopic (exact) mass is 520 g/mol. The Bertz CT molecular complexity index is 1360. The molecule has 3 aliphatic heterocycles. The molecule has 190 valence electrons. The van der Waals surface area contributed by atoms with Gasteiger partial charge in [0, 0.05) is 37.4 Å². The van der Waals surface area contributed by atoms with Crippen LogP contribution in [0.5, 0.6) is 0 Å². The summed E-state index contributed by atoms with van der Waals surface area (Å²) in [5.41, 5.74) is 2.61. The van der Waals surface area contributed by atoms with Crippen molar-refractivity contribution in [1.82, 2.24) is 4.90 Å². The average Bonchev–Trinajstić information content (AvgIpc) is 3.31. The lowest BCUT2D eigenvalue weighted by Crippen LogP contribution is -2.54. The van der Waals surface area contributed by atoms with Gasteiger partial charge in [-0.2, -0.15) is 0 Å². The number of piperazine rings is 1. The summed E-state index contributed by atoms with van der Waals surface area (Å²) in [6, 6.07) is 20.1. The molecule has 2 atom stereocenters. The second-order valence-electron chi connectivity index (χ2n) is 9.50. The van der Waals surface area contributed by atoms with E-state index < -0.39 is 15.9 Å². The maximum absolute atomic E-state index is 14.3. The molecule has 0 saturated carbocycles. The van der Waals surface area contributed by atoms with E-state index in [2.05, 4.69) is 4.90 Å². The topological polar surface area (TPSA) is 47.1 Å². The summed E-state index contributed by atoms with van der Waals surface area (Å²) in [6.07, 6.45) is 0. The van der Waals surface area contributed by atoms with Crippen LogP contribution in [0.2, 0.25) is 0 Å². The van der Waals surface area contributed by atoms with Crippen molar-refractivity contribution in [2.24, 2.45) is 0 Å². The molecule has 9 heteroatoms. The van der Waals surface area contributed by atoms with E-state index in [9.17, 15) is 18.4 Å². The number of thioether (sulfide) groups is 1. The van der Waals surface area contributed by atoms with Crippen molar-refractivity contribution in [3.63, 3.8) is 0 Å². The number of rotatable bonds is 4. The molecule has 2 unspecified atom stereocenters. The summed E-state index contributed by atoms with van der Waals surface area (Å²) >= 11 is 1.33. The average molecular weight is 521 g/mol. The van der Waals surface area contributed by atoms with Crippen LogP contribution in [0, 0.1) is 11.6 Å². The highest BCUT2D eigenvalue weighted by atomic mass is 32.2. The molecule has 0 N–H and O–H groups in total. The number of carbonyl (C=O) groups is 2. The van der Waals surface area contributed by atoms with Crippen molar-refractivity contribution in [2.45, 2.75) is 17.0 Å². The zero-order chi connectivity index (χ0) is 25.7. The minimum absolute atomic E-state index is 0.180. The third-order valence-corrected chi connectivity index (χ3v) is 8.79. The number of benzene rings is 3. The smallest absolute Gasteiger partial charge is 0.269 e. The fourth-order valence-corrected chi connectivity index (χ4v) is 7.04. The SMILES string of the molecule is CC1SC2(C(=O)N(CN3CCN(c4ccccc4F)CC3)c3ccccc32)N(c2ccc(F)cc2)C1=O. The predicted octanol–water partition coefficient (Wildman–Crippen LogP) is 4.41. The number of amides is 2. The van der Waals surface area contributed by atoms with Crippen LogP contribution in [0.15, 0.2) is 72.8 Å². The van der Waals surface area contributed by atoms with Gasteiger partial charge in [-0.25, -0.2) is 8.78 Å². The molecule has 0 radical (unpaired) electrons. The van der Waals surface area contributed by atoms with Crippen LogP contribution in [0.1, 0.15) is 12.5 Å². The zero-order valence-electron chi connectivity index (χ0n) is 20.3. The largest absolute Gasteiger partial charge is 0.367 e. The van der Waals surface area contributed by atoms with Gasteiger partial charge in [0.1, 0.15) is 11.6 Å². The van der Waals surface area contributed by atoms with Gasteiger partial charge < -0.3 is 4.90 Å². The Hall–Kier alpha value is -3.43. The molecule has 6 nitrogen and oxygen atoms in total. The zero-order valence-corrected chi connectivity index (χ0v) is 21.1. The number of fused-ring (bicyclic) bond motifs is 2. The Morgan fingerprint density at radius 1 is 0.865 bits per heavy atom. The van der Waals surface area contributed by atoms with Crippen molar-refractivity contribution in [3.8, 4) is 0 Å². The van der Waals surface area contributed by atoms with E-state index in [1.807, 2.05) is 35.2 Å². The van der Waals surface area contributed by atoms with Crippen LogP contribution in [-0.2, 0) is 14.5 Å². The predicted molar refractivity (Wildman–Crippen MR) is 142 cm³/mol. The first-order valence-electron chi connectivity index (χ1n) is 12.3. The molecule has 3 aromatic rings. The van der Waals surface area contributed by atoms with E-state index in [0.29, 0.717) is 44.2 Å². The number of carbonyl (C=O) groups excluding carboxylic acids is 2. The highest BCUT2D eigenvalue weighted by molar-refractivity contribution is 8.03. The molecular formula is C28H26F2N4O2S. The summed E-state index contributed by atoms with van der Waals surface area (Å²) in [5, 5.41) is -0.439. The summed E-state index contributed by atoms with van der Waals surface area (Å²) < 4.78 is 28.0. The van der Waals surface area contributed by atoms with Crippen LogP contribution >= 0.6 is 11.8 Å². The van der Waals surface area contributed by atoms with Gasteiger partial charge in [0.05, 0.1) is 23.3 Å². The Balaban J connectivity index is 1.29. The van der Waals surface area contributed by atoms with Crippen molar-refractivity contribution in [2.75, 3.05) is 47.5 Å². The van der Waals surface area contributed by atoms with E-state index in [1.165, 1.54) is 30.0 Å². The second-order valence-corrected chi connectivity index (χ2v) is 11.0. The number of halogens is 2. The highest BCUT2D eigenvalue weighted by Crippen LogP contribution is 2.57. The van der Waals surface area contributed by atoms with Gasteiger partial charge in [-0.3, -0.25) is 24.3 Å². The minimum atomic E-state index is -1.25. The summed E-state index contributed by atoms with van der Waals surface area (Å²) in [7, 11) is 0. The van der Waals surface area contributed by atoms with Crippen molar-refractivity contribution < 1.29 is 18.4 Å². The number of para-hydroxylation sites is 2. The Kier molecular flexibility index (Phi) is 5.92. The van der Waals surface area contributed by atoms with Crippen LogP contribution in [0.3, 0.4) is 0 Å². The molecule has 0 aliphatic carbocycles. The molecule has 2 saturated heterocycles. The van der Waals surface area contributed by atoms with E-state index in [1.54, 1.807) is 41.0 Å². The normalized spacial score (nSPS) is 23.9. The van der Waals surface area contributed by atoms with Crippen molar-refractivity contribution in [1.29, 1.82) is 0 Å². The van der Waals surface area contributed by atoms with E-state index in [-0.39, 0.29) is 17.6 Å². The highest BCUT2D eigenvalue weighted by Gasteiger charge is 2.63. The minimum Gasteiger partial charge on any atom is -0.367 e. The van der Waals surface area contributed by atoms with Crippen LogP contribution in [-0.4, -0.2) is 54.8 Å². The molecule has 0 bridgehead atoms. The Morgan fingerprint density at radius 2 is 1.51 bits per heavy atom. The molecule has 1 spiro atoms. The molecule has 37 heavy (non-hydrogen) atoms. The molecule has 6 rings (SSSR count). The van der Waals surface area contributed by atoms with Gasteiger partial charge in [0.15, 0.2) is 0 Å². The molecule has 2 amide bonds. The van der Waals surface area contributed by atoms with Gasteiger partial charge in [-0.05, 0) is 49.4 Å². The van der Waals surface area contributed by atoms with Gasteiger partial charge >= 0.3 is 0 Å². The third kappa shape index (κ3) is 3.79. The molecule has 3 aromatic carbocycles. The van der Waals surface area contributed by atoms with Crippen LogP contribution in [0.4, 0.5) is 25.8 Å². The lowest BCUT2D eigenvalue weighted by molar-refractivity contribution is -0.124. The number of hydrogen-bond acceptors (Lipinski definition) is 5. The van der Waals surface area contributed by atoms with E-state index in [4.69, 9.17) is 0 Å². The van der Waals surface area contributed by atoms with E-state index in [0.717, 1.165) is 11.3 Å². The van der Waals surface area contributed by atoms with Crippen LogP contribution in [0.25, 0.3) is 0 Å². The Morgan fingerprint density at radius 3 is 2.22 bits per heavy atom. The molecule has 2 fully saturated rings. The summed E-state index contributed by atoms with van der Waals surface area (Å²) in [6.45, 7) is 4.78. The lowest BCUT2D eigenvalue weighted by Gasteiger charge is -2.38. The fraction of sp³-hybridized carbons (Fsp3) is 0.286. The quantitative estimate of drug-likeness (QED) is 0.510. The molecule has 3 aliphatic rings. The fourth-order valence-electron chi connectivity index (χ4n) is 5.51. The van der Waals surface area contributed by atoms with Gasteiger partial charge in [-0.1, -0.05) is 30.3 Å². The van der Waals surface area contributed by atoms with Crippen molar-refractivity contribution >= 4 is 40.6 Å².